The number of hydrogen-bond donors (Lipinski definition) is 0. The van der Waals surface area contributed by atoms with Gasteiger partial charge in [-0.2, -0.15) is 0 Å². The molecule has 1 saturated heterocycles. The molecule has 0 N–H and O–H groups in total. The third-order valence-electron chi connectivity index (χ3n) is 10.4. The molecular weight excluding hydrogens is 485 g/mol. The molecule has 0 aromatic heterocycles. The summed E-state index contributed by atoms with van der Waals surface area (Å²) in [5.74, 6) is 0.00666. The van der Waals surface area contributed by atoms with Crippen LogP contribution in [0.4, 0.5) is 0 Å². The highest BCUT2D eigenvalue weighted by atomic mass is 29.9. The summed E-state index contributed by atoms with van der Waals surface area (Å²) in [6.45, 7) is 19.7. The Balaban J connectivity index is 2.76. The lowest BCUT2D eigenvalue weighted by Gasteiger charge is -2.63. The molecule has 0 spiro atoms. The van der Waals surface area contributed by atoms with Crippen molar-refractivity contribution in [3.05, 3.63) is 35.9 Å². The molecule has 1 aromatic rings. The quantitative estimate of drug-likeness (QED) is 0.167. The second-order valence-electron chi connectivity index (χ2n) is 10.5. The Kier molecular flexibility index (Phi) is 10.6. The van der Waals surface area contributed by atoms with Gasteiger partial charge in [-0.1, -0.05) is 147 Å². The van der Waals surface area contributed by atoms with E-state index in [1.54, 1.807) is 0 Å². The summed E-state index contributed by atoms with van der Waals surface area (Å²) in [5, 5.41) is 0. The molecule has 3 nitrogen and oxygen atoms in total. The molecule has 0 aliphatic carbocycles. The van der Waals surface area contributed by atoms with Crippen LogP contribution in [-0.4, -0.2) is 41.7 Å². The van der Waals surface area contributed by atoms with Crippen LogP contribution in [0.1, 0.15) is 74.0 Å². The van der Waals surface area contributed by atoms with Gasteiger partial charge in [-0.15, -0.1) is 0 Å². The molecule has 1 aliphatic rings. The van der Waals surface area contributed by atoms with Gasteiger partial charge >= 0.3 is 5.97 Å². The van der Waals surface area contributed by atoms with Crippen LogP contribution >= 0.6 is 0 Å². The number of rotatable bonds is 15. The number of hydrogen-bond acceptors (Lipinski definition) is 3. The minimum Gasteiger partial charge on any atom is -0.526 e. The van der Waals surface area contributed by atoms with Gasteiger partial charge in [-0.05, 0) is 5.56 Å². The minimum atomic E-state index is -2.36. The van der Waals surface area contributed by atoms with Crippen molar-refractivity contribution in [2.45, 2.75) is 129 Å². The van der Waals surface area contributed by atoms with Crippen molar-refractivity contribution in [3.8, 4) is 0 Å². The van der Waals surface area contributed by atoms with Crippen molar-refractivity contribution in [1.29, 1.82) is 0 Å². The summed E-state index contributed by atoms with van der Waals surface area (Å²) in [5.41, 5.74) is 1.11. The average molecular weight is 537 g/mol. The van der Waals surface area contributed by atoms with Crippen LogP contribution in [0, 0.1) is 0 Å². The molecule has 0 amide bonds. The van der Waals surface area contributed by atoms with Gasteiger partial charge < -0.3 is 9.16 Å². The predicted molar refractivity (Wildman–Crippen MR) is 157 cm³/mol. The summed E-state index contributed by atoms with van der Waals surface area (Å²) in [6.07, 6.45) is -0.524. The van der Waals surface area contributed by atoms with E-state index >= 15 is 0 Å². The van der Waals surface area contributed by atoms with Crippen LogP contribution in [-0.2, 0) is 14.0 Å². The summed E-state index contributed by atoms with van der Waals surface area (Å²) >= 11 is 0. The average Bonchev–Trinajstić information content (AvgIpc) is 3.70. The van der Waals surface area contributed by atoms with Gasteiger partial charge in [0.2, 0.25) is 6.87 Å². The monoisotopic (exact) mass is 536 g/mol. The van der Waals surface area contributed by atoms with E-state index in [0.29, 0.717) is 0 Å². The first kappa shape index (κ1) is 29.7. The van der Waals surface area contributed by atoms with Crippen LogP contribution in [0.25, 0.3) is 0 Å². The first-order valence-electron chi connectivity index (χ1n) is 14.2. The van der Waals surface area contributed by atoms with E-state index in [-0.39, 0.29) is 12.1 Å². The molecule has 34 heavy (non-hydrogen) atoms. The van der Waals surface area contributed by atoms with Gasteiger partial charge in [0.15, 0.2) is 6.10 Å². The molecule has 2 rings (SSSR count). The maximum Gasteiger partial charge on any atom is 0.324 e. The van der Waals surface area contributed by atoms with Gasteiger partial charge in [0, 0.05) is 0 Å². The maximum absolute atomic E-state index is 14.1. The number of benzene rings is 1. The highest BCUT2D eigenvalue weighted by molar-refractivity contribution is 7.88. The van der Waals surface area contributed by atoms with Crippen molar-refractivity contribution < 1.29 is 14.0 Å². The number of ether oxygens (including phenoxy) is 1. The van der Waals surface area contributed by atoms with Gasteiger partial charge in [-0.25, -0.2) is 0 Å². The highest BCUT2D eigenvalue weighted by Crippen LogP contribution is 2.52. The number of carbonyl (C=O) groups excluding carboxylic acids is 1. The predicted octanol–water partition coefficient (Wildman–Crippen LogP) is 8.38. The summed E-state index contributed by atoms with van der Waals surface area (Å²) in [7, 11) is -5.44. The van der Waals surface area contributed by atoms with Crippen LogP contribution in [0.15, 0.2) is 30.3 Å². The standard InChI is InChI=1S/C27H52O3Si4/c1-10-31(11-2,12-3)34(32(13-4,14-5)15-6,33(16-7,17-8)18-9)30-27(28)26-25(29-26)24-22-20-19-21-23-24/h19-23,25-26H,10-18H2,1-9H3/t25-,26-/m1/s1. The van der Waals surface area contributed by atoms with E-state index in [0.717, 1.165) is 5.56 Å². The summed E-state index contributed by atoms with van der Waals surface area (Å²) in [6, 6.07) is 21.7. The maximum atomic E-state index is 14.1. The second-order valence-corrected chi connectivity index (χ2v) is 46.5. The molecule has 0 radical (unpaired) electrons. The molecule has 7 heteroatoms. The summed E-state index contributed by atoms with van der Waals surface area (Å²) in [4.78, 5) is 14.1. The number of carbonyl (C=O) groups is 1. The molecule has 1 heterocycles. The van der Waals surface area contributed by atoms with E-state index < -0.39 is 35.7 Å². The Hall–Kier alpha value is -0.482. The van der Waals surface area contributed by atoms with Crippen molar-refractivity contribution in [3.63, 3.8) is 0 Å². The SMILES string of the molecule is CC[Si](CC)(CC)[Si](OC(=O)[C@@H]1O[C@@H]1c1ccccc1)([Si](CC)(CC)CC)[Si](CC)(CC)CC. The largest absolute Gasteiger partial charge is 0.526 e. The van der Waals surface area contributed by atoms with E-state index in [9.17, 15) is 4.79 Å². The van der Waals surface area contributed by atoms with Crippen LogP contribution in [0.5, 0.6) is 0 Å². The lowest BCUT2D eigenvalue weighted by molar-refractivity contribution is -0.136. The van der Waals surface area contributed by atoms with Gasteiger partial charge in [0.1, 0.15) is 6.10 Å². The zero-order valence-corrected chi connectivity index (χ0v) is 27.6. The zero-order valence-electron chi connectivity index (χ0n) is 23.6. The lowest BCUT2D eigenvalue weighted by Crippen LogP contribution is -2.90. The molecule has 0 bridgehead atoms. The fourth-order valence-corrected chi connectivity index (χ4v) is 107. The van der Waals surface area contributed by atoms with E-state index in [1.165, 1.54) is 54.4 Å². The van der Waals surface area contributed by atoms with Crippen LogP contribution in [0.2, 0.25) is 54.4 Å². The van der Waals surface area contributed by atoms with Crippen LogP contribution in [0.3, 0.4) is 0 Å². The smallest absolute Gasteiger partial charge is 0.324 e. The van der Waals surface area contributed by atoms with Crippen molar-refractivity contribution in [1.82, 2.24) is 0 Å². The molecule has 1 fully saturated rings. The Morgan fingerprint density at radius 1 is 0.676 bits per heavy atom. The topological polar surface area (TPSA) is 38.8 Å². The number of epoxide rings is 1. The Labute approximate surface area is 213 Å². The molecule has 0 unspecified atom stereocenters. The van der Waals surface area contributed by atoms with E-state index in [4.69, 9.17) is 9.16 Å². The van der Waals surface area contributed by atoms with Crippen molar-refractivity contribution in [2.75, 3.05) is 0 Å². The Morgan fingerprint density at radius 3 is 1.35 bits per heavy atom. The zero-order chi connectivity index (χ0) is 25.6. The summed E-state index contributed by atoms with van der Waals surface area (Å²) < 4.78 is 13.5. The molecular formula is C27H52O3Si4. The van der Waals surface area contributed by atoms with Crippen molar-refractivity contribution >= 4 is 35.6 Å². The Bertz CT molecular complexity index is 698. The molecule has 0 saturated carbocycles. The van der Waals surface area contributed by atoms with Gasteiger partial charge in [0.25, 0.3) is 0 Å². The van der Waals surface area contributed by atoms with E-state index in [2.05, 4.69) is 74.4 Å². The van der Waals surface area contributed by atoms with E-state index in [1.807, 2.05) is 18.2 Å². The first-order chi connectivity index (χ1) is 16.3. The van der Waals surface area contributed by atoms with Gasteiger partial charge in [-0.3, -0.25) is 4.79 Å². The first-order valence-corrected chi connectivity index (χ1v) is 27.0. The molecule has 194 valence electrons. The third-order valence-corrected chi connectivity index (χ3v) is 80.2. The molecule has 1 aromatic carbocycles. The fraction of sp³-hybridized carbons (Fsp3) is 0.741. The Morgan fingerprint density at radius 2 is 1.03 bits per heavy atom. The van der Waals surface area contributed by atoms with Crippen molar-refractivity contribution in [2.24, 2.45) is 0 Å². The fourth-order valence-electron chi connectivity index (χ4n) is 7.90. The molecule has 2 atom stereocenters. The lowest BCUT2D eigenvalue weighted by atomic mass is 10.1. The minimum absolute atomic E-state index is 0.00666. The van der Waals surface area contributed by atoms with Crippen LogP contribution < -0.4 is 0 Å². The third kappa shape index (κ3) is 4.53. The second kappa shape index (κ2) is 12.2. The molecule has 1 aliphatic heterocycles. The highest BCUT2D eigenvalue weighted by Gasteiger charge is 2.74. The normalized spacial score (nSPS) is 19.2. The van der Waals surface area contributed by atoms with Gasteiger partial charge in [0.05, 0.1) is 22.8 Å².